The molecule has 1 aliphatic rings. The Labute approximate surface area is 117 Å². The maximum Gasteiger partial charge on any atom is 0.416 e. The molecule has 0 aliphatic carbocycles. The van der Waals surface area contributed by atoms with Crippen molar-refractivity contribution in [2.75, 3.05) is 6.61 Å². The first-order valence-electron chi connectivity index (χ1n) is 6.60. The van der Waals surface area contributed by atoms with Crippen molar-refractivity contribution < 1.29 is 19.1 Å². The molecule has 0 bridgehead atoms. The Hall–Kier alpha value is -2.17. The molecule has 0 aromatic heterocycles. The van der Waals surface area contributed by atoms with Crippen molar-refractivity contribution in [3.63, 3.8) is 0 Å². The van der Waals surface area contributed by atoms with Gasteiger partial charge >= 0.3 is 6.09 Å². The molecular weight excluding hydrogens is 258 g/mol. The van der Waals surface area contributed by atoms with Gasteiger partial charge in [0.1, 0.15) is 12.4 Å². The SMILES string of the molecule is CC(=O)CCC(=O)N1C(=O)OCC1Cc1ccccc1. The molecule has 106 valence electrons. The Morgan fingerprint density at radius 3 is 2.60 bits per heavy atom. The molecular formula is C15H17NO4. The Bertz CT molecular complexity index is 512. The molecule has 0 radical (unpaired) electrons. The van der Waals surface area contributed by atoms with Crippen LogP contribution in [0.15, 0.2) is 30.3 Å². The van der Waals surface area contributed by atoms with E-state index in [1.54, 1.807) is 0 Å². The predicted octanol–water partition coefficient (Wildman–Crippen LogP) is 1.95. The van der Waals surface area contributed by atoms with Crippen LogP contribution in [0.1, 0.15) is 25.3 Å². The summed E-state index contributed by atoms with van der Waals surface area (Å²) in [6.45, 7) is 1.64. The van der Waals surface area contributed by atoms with Crippen molar-refractivity contribution in [1.82, 2.24) is 4.90 Å². The minimum atomic E-state index is -0.612. The van der Waals surface area contributed by atoms with Gasteiger partial charge in [0.05, 0.1) is 6.04 Å². The molecule has 1 aliphatic heterocycles. The summed E-state index contributed by atoms with van der Waals surface area (Å²) in [6.07, 6.45) is 0.161. The number of Topliss-reactive ketones (excluding diaryl/α,β-unsaturated/α-hetero) is 1. The fourth-order valence-corrected chi connectivity index (χ4v) is 2.21. The van der Waals surface area contributed by atoms with Gasteiger partial charge in [-0.1, -0.05) is 30.3 Å². The van der Waals surface area contributed by atoms with E-state index in [-0.39, 0.29) is 37.2 Å². The lowest BCUT2D eigenvalue weighted by Gasteiger charge is -2.19. The Morgan fingerprint density at radius 1 is 1.25 bits per heavy atom. The molecule has 1 aromatic carbocycles. The quantitative estimate of drug-likeness (QED) is 0.824. The van der Waals surface area contributed by atoms with Gasteiger partial charge in [-0.05, 0) is 18.9 Å². The number of rotatable bonds is 5. The highest BCUT2D eigenvalue weighted by atomic mass is 16.6. The zero-order valence-corrected chi connectivity index (χ0v) is 11.4. The summed E-state index contributed by atoms with van der Waals surface area (Å²) in [5.41, 5.74) is 1.04. The van der Waals surface area contributed by atoms with Crippen molar-refractivity contribution >= 4 is 17.8 Å². The molecule has 1 heterocycles. The van der Waals surface area contributed by atoms with Crippen LogP contribution in [0.5, 0.6) is 0 Å². The number of imide groups is 1. The predicted molar refractivity (Wildman–Crippen MR) is 72.0 cm³/mol. The fourth-order valence-electron chi connectivity index (χ4n) is 2.21. The maximum absolute atomic E-state index is 12.0. The number of cyclic esters (lactones) is 1. The number of ketones is 1. The van der Waals surface area contributed by atoms with Crippen molar-refractivity contribution in [3.05, 3.63) is 35.9 Å². The first-order valence-corrected chi connectivity index (χ1v) is 6.60. The molecule has 0 spiro atoms. The van der Waals surface area contributed by atoms with E-state index in [0.29, 0.717) is 6.42 Å². The van der Waals surface area contributed by atoms with Gasteiger partial charge < -0.3 is 9.53 Å². The number of carbonyl (C=O) groups excluding carboxylic acids is 3. The normalized spacial score (nSPS) is 17.9. The fraction of sp³-hybridized carbons (Fsp3) is 0.400. The first kappa shape index (κ1) is 14.2. The highest BCUT2D eigenvalue weighted by molar-refractivity contribution is 5.95. The van der Waals surface area contributed by atoms with Crippen LogP contribution in [0, 0.1) is 0 Å². The Kier molecular flexibility index (Phi) is 4.50. The molecule has 20 heavy (non-hydrogen) atoms. The summed E-state index contributed by atoms with van der Waals surface area (Å²) in [5, 5.41) is 0. The minimum absolute atomic E-state index is 0.0513. The standard InChI is InChI=1S/C15H17NO4/c1-11(17)7-8-14(18)16-13(10-20-15(16)19)9-12-5-3-2-4-6-12/h2-6,13H,7-10H2,1H3. The van der Waals surface area contributed by atoms with Crippen LogP contribution < -0.4 is 0 Å². The molecule has 1 fully saturated rings. The summed E-state index contributed by atoms with van der Waals surface area (Å²) in [5.74, 6) is -0.408. The van der Waals surface area contributed by atoms with E-state index in [9.17, 15) is 14.4 Å². The smallest absolute Gasteiger partial charge is 0.416 e. The van der Waals surface area contributed by atoms with Crippen molar-refractivity contribution in [1.29, 1.82) is 0 Å². The molecule has 2 rings (SSSR count). The summed E-state index contributed by atoms with van der Waals surface area (Å²) in [4.78, 5) is 35.8. The molecule has 1 saturated heterocycles. The lowest BCUT2D eigenvalue weighted by atomic mass is 10.1. The van der Waals surface area contributed by atoms with Gasteiger partial charge in [-0.15, -0.1) is 0 Å². The van der Waals surface area contributed by atoms with E-state index < -0.39 is 6.09 Å². The minimum Gasteiger partial charge on any atom is -0.447 e. The molecule has 1 aromatic rings. The Balaban J connectivity index is 2.03. The van der Waals surface area contributed by atoms with Gasteiger partial charge in [0, 0.05) is 12.8 Å². The second-order valence-electron chi connectivity index (χ2n) is 4.89. The van der Waals surface area contributed by atoms with E-state index in [1.807, 2.05) is 30.3 Å². The van der Waals surface area contributed by atoms with Gasteiger partial charge in [0.15, 0.2) is 0 Å². The summed E-state index contributed by atoms with van der Waals surface area (Å²) in [6, 6.07) is 9.34. The van der Waals surface area contributed by atoms with E-state index in [4.69, 9.17) is 4.74 Å². The van der Waals surface area contributed by atoms with Gasteiger partial charge in [-0.25, -0.2) is 9.69 Å². The number of nitrogens with zero attached hydrogens (tertiary/aromatic N) is 1. The molecule has 0 N–H and O–H groups in total. The van der Waals surface area contributed by atoms with E-state index in [0.717, 1.165) is 10.5 Å². The number of carbonyl (C=O) groups is 3. The van der Waals surface area contributed by atoms with Crippen LogP contribution in [0.4, 0.5) is 4.79 Å². The highest BCUT2D eigenvalue weighted by Crippen LogP contribution is 2.18. The van der Waals surface area contributed by atoms with Crippen LogP contribution in [0.2, 0.25) is 0 Å². The summed E-state index contributed by atoms with van der Waals surface area (Å²) in [7, 11) is 0. The molecule has 5 nitrogen and oxygen atoms in total. The van der Waals surface area contributed by atoms with Crippen LogP contribution in [-0.2, 0) is 20.7 Å². The van der Waals surface area contributed by atoms with Crippen LogP contribution >= 0.6 is 0 Å². The van der Waals surface area contributed by atoms with Crippen LogP contribution in [0.3, 0.4) is 0 Å². The van der Waals surface area contributed by atoms with Gasteiger partial charge in [0.2, 0.25) is 5.91 Å². The second-order valence-corrected chi connectivity index (χ2v) is 4.89. The van der Waals surface area contributed by atoms with Crippen molar-refractivity contribution in [2.24, 2.45) is 0 Å². The summed E-state index contributed by atoms with van der Waals surface area (Å²) >= 11 is 0. The van der Waals surface area contributed by atoms with Gasteiger partial charge in [-0.3, -0.25) is 4.79 Å². The molecule has 1 atom stereocenters. The van der Waals surface area contributed by atoms with Gasteiger partial charge in [-0.2, -0.15) is 0 Å². The largest absolute Gasteiger partial charge is 0.447 e. The number of hydrogen-bond acceptors (Lipinski definition) is 4. The van der Waals surface area contributed by atoms with E-state index in [2.05, 4.69) is 0 Å². The molecule has 5 heteroatoms. The molecule has 2 amide bonds. The van der Waals surface area contributed by atoms with Crippen molar-refractivity contribution in [3.8, 4) is 0 Å². The second kappa shape index (κ2) is 6.32. The third-order valence-corrected chi connectivity index (χ3v) is 3.23. The number of ether oxygens (including phenoxy) is 1. The van der Waals surface area contributed by atoms with Crippen LogP contribution in [-0.4, -0.2) is 35.3 Å². The first-order chi connectivity index (χ1) is 9.58. The van der Waals surface area contributed by atoms with Gasteiger partial charge in [0.25, 0.3) is 0 Å². The average Bonchev–Trinajstić information content (AvgIpc) is 2.78. The summed E-state index contributed by atoms with van der Waals surface area (Å²) < 4.78 is 4.96. The number of amides is 2. The number of benzene rings is 1. The van der Waals surface area contributed by atoms with E-state index in [1.165, 1.54) is 6.92 Å². The molecule has 0 saturated carbocycles. The van der Waals surface area contributed by atoms with Crippen molar-refractivity contribution in [2.45, 2.75) is 32.2 Å². The topological polar surface area (TPSA) is 63.7 Å². The zero-order chi connectivity index (χ0) is 14.5. The third kappa shape index (κ3) is 3.44. The average molecular weight is 275 g/mol. The zero-order valence-electron chi connectivity index (χ0n) is 11.4. The Morgan fingerprint density at radius 2 is 1.95 bits per heavy atom. The molecule has 1 unspecified atom stereocenters. The van der Waals surface area contributed by atoms with E-state index >= 15 is 0 Å². The number of hydrogen-bond donors (Lipinski definition) is 0. The lowest BCUT2D eigenvalue weighted by Crippen LogP contribution is -2.40. The maximum atomic E-state index is 12.0. The highest BCUT2D eigenvalue weighted by Gasteiger charge is 2.37. The van der Waals surface area contributed by atoms with Crippen LogP contribution in [0.25, 0.3) is 0 Å². The third-order valence-electron chi connectivity index (χ3n) is 3.23. The lowest BCUT2D eigenvalue weighted by molar-refractivity contribution is -0.131. The monoisotopic (exact) mass is 275 g/mol.